The van der Waals surface area contributed by atoms with Crippen molar-refractivity contribution in [2.75, 3.05) is 6.16 Å². The van der Waals surface area contributed by atoms with Crippen molar-refractivity contribution in [2.24, 2.45) is 0 Å². The summed E-state index contributed by atoms with van der Waals surface area (Å²) in [6.07, 6.45) is 7.20. The Morgan fingerprint density at radius 1 is 0.700 bits per heavy atom. The standard InChI is InChI=1S/C26H39O3P/c1-6-7-8-9-10-15-20-30(27,28-25-18-13-11-16-23(25)21(2)3)29-26-19-14-12-17-24(26)22(4)5/h11-14,16-19,21-22H,6-10,15,20H2,1-5H3. The van der Waals surface area contributed by atoms with E-state index in [-0.39, 0.29) is 11.8 Å². The van der Waals surface area contributed by atoms with Crippen molar-refractivity contribution < 1.29 is 13.6 Å². The van der Waals surface area contributed by atoms with Crippen LogP contribution in [0.15, 0.2) is 48.5 Å². The van der Waals surface area contributed by atoms with Gasteiger partial charge in [0.25, 0.3) is 0 Å². The molecule has 0 unspecified atom stereocenters. The van der Waals surface area contributed by atoms with Crippen molar-refractivity contribution >= 4 is 7.60 Å². The molecular formula is C26H39O3P. The summed E-state index contributed by atoms with van der Waals surface area (Å²) in [5.74, 6) is 1.91. The first-order valence-electron chi connectivity index (χ1n) is 11.5. The average molecular weight is 431 g/mol. The Hall–Kier alpha value is -1.73. The summed E-state index contributed by atoms with van der Waals surface area (Å²) < 4.78 is 26.3. The molecule has 0 spiro atoms. The Kier molecular flexibility index (Phi) is 9.98. The second-order valence-electron chi connectivity index (χ2n) is 8.67. The Bertz CT molecular complexity index is 756. The minimum atomic E-state index is -3.35. The molecule has 0 aliphatic heterocycles. The van der Waals surface area contributed by atoms with E-state index in [1.165, 1.54) is 25.7 Å². The molecule has 0 fully saturated rings. The quantitative estimate of drug-likeness (QED) is 0.235. The van der Waals surface area contributed by atoms with Crippen LogP contribution in [0.3, 0.4) is 0 Å². The molecule has 0 aromatic heterocycles. The number of unbranched alkanes of at least 4 members (excludes halogenated alkanes) is 5. The molecule has 0 saturated carbocycles. The maximum absolute atomic E-state index is 13.9. The van der Waals surface area contributed by atoms with E-state index in [0.717, 1.165) is 24.0 Å². The lowest BCUT2D eigenvalue weighted by atomic mass is 10.0. The highest BCUT2D eigenvalue weighted by Crippen LogP contribution is 2.51. The number of hydrogen-bond donors (Lipinski definition) is 0. The van der Waals surface area contributed by atoms with Crippen LogP contribution >= 0.6 is 7.60 Å². The van der Waals surface area contributed by atoms with Gasteiger partial charge >= 0.3 is 7.60 Å². The van der Waals surface area contributed by atoms with Gasteiger partial charge < -0.3 is 9.05 Å². The molecule has 3 nitrogen and oxygen atoms in total. The number of rotatable bonds is 13. The molecule has 2 aromatic rings. The van der Waals surface area contributed by atoms with Gasteiger partial charge in [-0.1, -0.05) is 103 Å². The van der Waals surface area contributed by atoms with Gasteiger partial charge in [-0.05, 0) is 41.5 Å². The molecule has 0 aliphatic rings. The van der Waals surface area contributed by atoms with Gasteiger partial charge in [-0.3, -0.25) is 0 Å². The lowest BCUT2D eigenvalue weighted by Gasteiger charge is -2.24. The van der Waals surface area contributed by atoms with Crippen LogP contribution in [0, 0.1) is 0 Å². The van der Waals surface area contributed by atoms with Gasteiger partial charge in [0.05, 0.1) is 6.16 Å². The normalized spacial score (nSPS) is 11.8. The van der Waals surface area contributed by atoms with Crippen molar-refractivity contribution in [2.45, 2.75) is 85.0 Å². The second-order valence-corrected chi connectivity index (χ2v) is 10.7. The molecule has 0 N–H and O–H groups in total. The van der Waals surface area contributed by atoms with E-state index in [2.05, 4.69) is 34.6 Å². The molecular weight excluding hydrogens is 391 g/mol. The predicted molar refractivity (Wildman–Crippen MR) is 128 cm³/mol. The summed E-state index contributed by atoms with van der Waals surface area (Å²) in [6, 6.07) is 15.7. The first-order chi connectivity index (χ1) is 14.4. The number of benzene rings is 2. The smallest absolute Gasteiger partial charge is 0.416 e. The largest absolute Gasteiger partial charge is 0.430 e. The minimum Gasteiger partial charge on any atom is -0.416 e. The summed E-state index contributed by atoms with van der Waals surface area (Å²) in [6.45, 7) is 10.7. The fourth-order valence-electron chi connectivity index (χ4n) is 3.58. The van der Waals surface area contributed by atoms with Crippen molar-refractivity contribution in [3.05, 3.63) is 59.7 Å². The lowest BCUT2D eigenvalue weighted by molar-refractivity contribution is 0.379. The van der Waals surface area contributed by atoms with Crippen molar-refractivity contribution in [3.8, 4) is 11.5 Å². The Morgan fingerprint density at radius 2 is 1.13 bits per heavy atom. The van der Waals surface area contributed by atoms with Crippen LogP contribution in [-0.2, 0) is 4.57 Å². The Labute approximate surface area is 183 Å². The average Bonchev–Trinajstić information content (AvgIpc) is 2.71. The van der Waals surface area contributed by atoms with Crippen molar-refractivity contribution in [1.82, 2.24) is 0 Å². The van der Waals surface area contributed by atoms with Crippen LogP contribution in [0.2, 0.25) is 0 Å². The summed E-state index contributed by atoms with van der Waals surface area (Å²) in [5, 5.41) is 0. The third kappa shape index (κ3) is 7.51. The third-order valence-electron chi connectivity index (χ3n) is 5.34. The minimum absolute atomic E-state index is 0.284. The highest BCUT2D eigenvalue weighted by molar-refractivity contribution is 7.54. The van der Waals surface area contributed by atoms with Gasteiger partial charge in [-0.2, -0.15) is 0 Å². The Balaban J connectivity index is 2.23. The van der Waals surface area contributed by atoms with E-state index in [0.29, 0.717) is 17.7 Å². The van der Waals surface area contributed by atoms with Gasteiger partial charge in [0.1, 0.15) is 11.5 Å². The topological polar surface area (TPSA) is 35.5 Å². The highest BCUT2D eigenvalue weighted by atomic mass is 31.2. The Morgan fingerprint density at radius 3 is 1.60 bits per heavy atom. The zero-order chi connectivity index (χ0) is 22.0. The van der Waals surface area contributed by atoms with Crippen LogP contribution in [0.25, 0.3) is 0 Å². The van der Waals surface area contributed by atoms with Gasteiger partial charge in [0, 0.05) is 0 Å². The molecule has 0 radical (unpaired) electrons. The summed E-state index contributed by atoms with van der Waals surface area (Å²) in [7, 11) is -3.35. The molecule has 2 rings (SSSR count). The predicted octanol–water partition coefficient (Wildman–Crippen LogP) is 8.94. The van der Waals surface area contributed by atoms with Crippen LogP contribution in [-0.4, -0.2) is 6.16 Å². The summed E-state index contributed by atoms with van der Waals surface area (Å²) >= 11 is 0. The second kappa shape index (κ2) is 12.2. The van der Waals surface area contributed by atoms with Crippen LogP contribution in [0.4, 0.5) is 0 Å². The zero-order valence-corrected chi connectivity index (χ0v) is 20.3. The third-order valence-corrected chi connectivity index (χ3v) is 7.16. The maximum Gasteiger partial charge on any atom is 0.430 e. The van der Waals surface area contributed by atoms with Crippen molar-refractivity contribution in [3.63, 3.8) is 0 Å². The first-order valence-corrected chi connectivity index (χ1v) is 13.2. The fourth-order valence-corrected chi connectivity index (χ4v) is 5.34. The van der Waals surface area contributed by atoms with E-state index >= 15 is 0 Å². The molecule has 4 heteroatoms. The van der Waals surface area contributed by atoms with E-state index in [1.807, 2.05) is 48.5 Å². The first kappa shape index (κ1) is 24.5. The van der Waals surface area contributed by atoms with Gasteiger partial charge in [-0.15, -0.1) is 0 Å². The SMILES string of the molecule is CCCCCCCCP(=O)(Oc1ccccc1C(C)C)Oc1ccccc1C(C)C. The van der Waals surface area contributed by atoms with Gasteiger partial charge in [-0.25, -0.2) is 4.57 Å². The number of hydrogen-bond acceptors (Lipinski definition) is 3. The molecule has 0 aliphatic carbocycles. The summed E-state index contributed by atoms with van der Waals surface area (Å²) in [4.78, 5) is 0. The lowest BCUT2D eigenvalue weighted by Crippen LogP contribution is -2.08. The number of para-hydroxylation sites is 2. The fraction of sp³-hybridized carbons (Fsp3) is 0.538. The molecule has 0 heterocycles. The molecule has 0 bridgehead atoms. The summed E-state index contributed by atoms with van der Waals surface area (Å²) in [5.41, 5.74) is 2.11. The van der Waals surface area contributed by atoms with Crippen LogP contribution in [0.5, 0.6) is 11.5 Å². The van der Waals surface area contributed by atoms with E-state index < -0.39 is 7.60 Å². The van der Waals surface area contributed by atoms with E-state index in [1.54, 1.807) is 0 Å². The van der Waals surface area contributed by atoms with E-state index in [9.17, 15) is 4.57 Å². The van der Waals surface area contributed by atoms with Crippen molar-refractivity contribution in [1.29, 1.82) is 0 Å². The van der Waals surface area contributed by atoms with Crippen LogP contribution < -0.4 is 9.05 Å². The zero-order valence-electron chi connectivity index (χ0n) is 19.4. The highest BCUT2D eigenvalue weighted by Gasteiger charge is 2.30. The maximum atomic E-state index is 13.9. The van der Waals surface area contributed by atoms with Gasteiger partial charge in [0.2, 0.25) is 0 Å². The van der Waals surface area contributed by atoms with E-state index in [4.69, 9.17) is 9.05 Å². The van der Waals surface area contributed by atoms with Crippen LogP contribution in [0.1, 0.15) is 96.1 Å². The molecule has 0 atom stereocenters. The van der Waals surface area contributed by atoms with Gasteiger partial charge in [0.15, 0.2) is 0 Å². The molecule has 0 saturated heterocycles. The molecule has 30 heavy (non-hydrogen) atoms. The molecule has 2 aromatic carbocycles. The molecule has 0 amide bonds. The monoisotopic (exact) mass is 430 g/mol. The molecule has 166 valence electrons.